The number of aromatic nitrogens is 2. The van der Waals surface area contributed by atoms with Gasteiger partial charge in [-0.1, -0.05) is 0 Å². The molecular formula is C15H22N4OS. The third-order valence-electron chi connectivity index (χ3n) is 3.76. The van der Waals surface area contributed by atoms with Crippen LogP contribution in [0.4, 0.5) is 0 Å². The van der Waals surface area contributed by atoms with Gasteiger partial charge in [-0.3, -0.25) is 4.90 Å². The lowest BCUT2D eigenvalue weighted by Gasteiger charge is -2.34. The minimum absolute atomic E-state index is 0.419. The van der Waals surface area contributed by atoms with Crippen LogP contribution in [0.25, 0.3) is 0 Å². The van der Waals surface area contributed by atoms with E-state index >= 15 is 0 Å². The standard InChI is InChI=1S/C15H22N4OS/c1-12-2-3-14(21-12)13(19-6-8-20-9-7-19)10-16-11-15-17-4-5-18-15/h2-5,13,16H,6-11H2,1H3,(H,17,18)/t13-/m0/s1. The molecule has 1 atom stereocenters. The SMILES string of the molecule is Cc1ccc([C@H](CNCc2ncc[nH]2)N2CCOCC2)s1. The number of imidazole rings is 1. The number of aromatic amines is 1. The van der Waals surface area contributed by atoms with Gasteiger partial charge in [0, 0.05) is 41.8 Å². The first-order valence-electron chi connectivity index (χ1n) is 7.40. The van der Waals surface area contributed by atoms with Crippen molar-refractivity contribution in [2.24, 2.45) is 0 Å². The van der Waals surface area contributed by atoms with E-state index in [1.807, 2.05) is 17.5 Å². The zero-order valence-corrected chi connectivity index (χ0v) is 13.2. The fourth-order valence-corrected chi connectivity index (χ4v) is 3.67. The summed E-state index contributed by atoms with van der Waals surface area (Å²) < 4.78 is 5.48. The van der Waals surface area contributed by atoms with E-state index in [1.165, 1.54) is 9.75 Å². The Labute approximate surface area is 129 Å². The molecule has 1 aliphatic heterocycles. The number of nitrogens with zero attached hydrogens (tertiary/aromatic N) is 2. The third-order valence-corrected chi connectivity index (χ3v) is 4.86. The van der Waals surface area contributed by atoms with E-state index in [-0.39, 0.29) is 0 Å². The van der Waals surface area contributed by atoms with E-state index in [4.69, 9.17) is 4.74 Å². The first-order chi connectivity index (χ1) is 10.3. The number of hydrogen-bond donors (Lipinski definition) is 2. The summed E-state index contributed by atoms with van der Waals surface area (Å²) in [6, 6.07) is 4.89. The largest absolute Gasteiger partial charge is 0.379 e. The molecule has 2 aromatic heterocycles. The summed E-state index contributed by atoms with van der Waals surface area (Å²) in [5, 5.41) is 3.52. The number of aryl methyl sites for hydroxylation is 1. The van der Waals surface area contributed by atoms with Crippen LogP contribution in [0.15, 0.2) is 24.5 Å². The maximum Gasteiger partial charge on any atom is 0.120 e. The van der Waals surface area contributed by atoms with Gasteiger partial charge in [0.1, 0.15) is 5.82 Å². The van der Waals surface area contributed by atoms with Crippen LogP contribution >= 0.6 is 11.3 Å². The lowest BCUT2D eigenvalue weighted by Crippen LogP contribution is -2.42. The fraction of sp³-hybridized carbons (Fsp3) is 0.533. The lowest BCUT2D eigenvalue weighted by atomic mass is 10.2. The van der Waals surface area contributed by atoms with Gasteiger partial charge in [-0.05, 0) is 19.1 Å². The van der Waals surface area contributed by atoms with Crippen molar-refractivity contribution in [2.45, 2.75) is 19.5 Å². The number of thiophene rings is 1. The van der Waals surface area contributed by atoms with Gasteiger partial charge >= 0.3 is 0 Å². The molecule has 3 rings (SSSR count). The highest BCUT2D eigenvalue weighted by Gasteiger charge is 2.23. The van der Waals surface area contributed by atoms with E-state index in [2.05, 4.69) is 39.2 Å². The number of rotatable bonds is 6. The van der Waals surface area contributed by atoms with E-state index in [9.17, 15) is 0 Å². The predicted octanol–water partition coefficient (Wildman–Crippen LogP) is 1.94. The smallest absolute Gasteiger partial charge is 0.120 e. The Kier molecular flexibility index (Phi) is 5.03. The second-order valence-electron chi connectivity index (χ2n) is 5.28. The van der Waals surface area contributed by atoms with Crippen LogP contribution in [0.2, 0.25) is 0 Å². The topological polar surface area (TPSA) is 53.2 Å². The van der Waals surface area contributed by atoms with Crippen molar-refractivity contribution in [1.82, 2.24) is 20.2 Å². The summed E-state index contributed by atoms with van der Waals surface area (Å²) in [6.45, 7) is 7.55. The first kappa shape index (κ1) is 14.7. The number of nitrogens with one attached hydrogen (secondary N) is 2. The molecule has 0 saturated carbocycles. The molecule has 3 heterocycles. The molecule has 0 aliphatic carbocycles. The van der Waals surface area contributed by atoms with Crippen molar-refractivity contribution in [3.8, 4) is 0 Å². The molecule has 1 saturated heterocycles. The monoisotopic (exact) mass is 306 g/mol. The summed E-state index contributed by atoms with van der Waals surface area (Å²) in [6.07, 6.45) is 3.65. The maximum atomic E-state index is 5.48. The van der Waals surface area contributed by atoms with Crippen molar-refractivity contribution in [3.63, 3.8) is 0 Å². The van der Waals surface area contributed by atoms with Crippen LogP contribution < -0.4 is 5.32 Å². The summed E-state index contributed by atoms with van der Waals surface area (Å²) in [7, 11) is 0. The van der Waals surface area contributed by atoms with E-state index in [0.717, 1.165) is 45.2 Å². The van der Waals surface area contributed by atoms with Gasteiger partial charge < -0.3 is 15.0 Å². The number of morpholine rings is 1. The van der Waals surface area contributed by atoms with Gasteiger partial charge in [0.15, 0.2) is 0 Å². The van der Waals surface area contributed by atoms with Crippen LogP contribution in [-0.2, 0) is 11.3 Å². The zero-order chi connectivity index (χ0) is 14.5. The van der Waals surface area contributed by atoms with Gasteiger partial charge in [-0.15, -0.1) is 11.3 Å². The van der Waals surface area contributed by atoms with Gasteiger partial charge in [0.05, 0.1) is 25.8 Å². The summed E-state index contributed by atoms with van der Waals surface area (Å²) >= 11 is 1.89. The van der Waals surface area contributed by atoms with E-state index < -0.39 is 0 Å². The van der Waals surface area contributed by atoms with Gasteiger partial charge in [-0.25, -0.2) is 4.98 Å². The molecule has 0 unspecified atom stereocenters. The van der Waals surface area contributed by atoms with Crippen molar-refractivity contribution in [2.75, 3.05) is 32.8 Å². The van der Waals surface area contributed by atoms with Crippen LogP contribution in [0.5, 0.6) is 0 Å². The van der Waals surface area contributed by atoms with Crippen molar-refractivity contribution in [1.29, 1.82) is 0 Å². The average molecular weight is 306 g/mol. The molecule has 6 heteroatoms. The molecule has 0 aromatic carbocycles. The van der Waals surface area contributed by atoms with Crippen molar-refractivity contribution >= 4 is 11.3 Å². The predicted molar refractivity (Wildman–Crippen MR) is 84.5 cm³/mol. The quantitative estimate of drug-likeness (QED) is 0.856. The summed E-state index contributed by atoms with van der Waals surface area (Å²) in [4.78, 5) is 12.7. The van der Waals surface area contributed by atoms with Crippen LogP contribution in [0.1, 0.15) is 21.6 Å². The van der Waals surface area contributed by atoms with Gasteiger partial charge in [0.25, 0.3) is 0 Å². The molecular weight excluding hydrogens is 284 g/mol. The Morgan fingerprint density at radius 2 is 2.29 bits per heavy atom. The molecule has 21 heavy (non-hydrogen) atoms. The molecule has 1 aliphatic rings. The number of ether oxygens (including phenoxy) is 1. The first-order valence-corrected chi connectivity index (χ1v) is 8.21. The van der Waals surface area contributed by atoms with Crippen LogP contribution in [0.3, 0.4) is 0 Å². The molecule has 0 amide bonds. The molecule has 1 fully saturated rings. The third kappa shape index (κ3) is 3.91. The summed E-state index contributed by atoms with van der Waals surface area (Å²) in [5.74, 6) is 0.984. The van der Waals surface area contributed by atoms with E-state index in [0.29, 0.717) is 6.04 Å². The van der Waals surface area contributed by atoms with Crippen molar-refractivity contribution in [3.05, 3.63) is 40.1 Å². The highest BCUT2D eigenvalue weighted by atomic mass is 32.1. The highest BCUT2D eigenvalue weighted by molar-refractivity contribution is 7.12. The minimum atomic E-state index is 0.419. The molecule has 2 aromatic rings. The Morgan fingerprint density at radius 1 is 1.43 bits per heavy atom. The molecule has 114 valence electrons. The lowest BCUT2D eigenvalue weighted by molar-refractivity contribution is 0.0168. The Balaban J connectivity index is 1.63. The maximum absolute atomic E-state index is 5.48. The van der Waals surface area contributed by atoms with Crippen LogP contribution in [-0.4, -0.2) is 47.7 Å². The van der Waals surface area contributed by atoms with Crippen LogP contribution in [0, 0.1) is 6.92 Å². The normalized spacial score (nSPS) is 18.0. The molecule has 0 spiro atoms. The zero-order valence-electron chi connectivity index (χ0n) is 12.3. The molecule has 2 N–H and O–H groups in total. The second-order valence-corrected chi connectivity index (χ2v) is 6.60. The fourth-order valence-electron chi connectivity index (χ4n) is 2.65. The minimum Gasteiger partial charge on any atom is -0.379 e. The number of H-pyrrole nitrogens is 1. The summed E-state index contributed by atoms with van der Waals surface area (Å²) in [5.41, 5.74) is 0. The molecule has 5 nitrogen and oxygen atoms in total. The average Bonchev–Trinajstić information content (AvgIpc) is 3.16. The van der Waals surface area contributed by atoms with Gasteiger partial charge in [-0.2, -0.15) is 0 Å². The Hall–Kier alpha value is -1.21. The Bertz CT molecular complexity index is 534. The van der Waals surface area contributed by atoms with E-state index in [1.54, 1.807) is 6.20 Å². The van der Waals surface area contributed by atoms with Crippen molar-refractivity contribution < 1.29 is 4.74 Å². The molecule has 0 bridgehead atoms. The highest BCUT2D eigenvalue weighted by Crippen LogP contribution is 2.27. The Morgan fingerprint density at radius 3 is 2.95 bits per heavy atom. The second kappa shape index (κ2) is 7.17. The number of hydrogen-bond acceptors (Lipinski definition) is 5. The molecule has 0 radical (unpaired) electrons. The van der Waals surface area contributed by atoms with Gasteiger partial charge in [0.2, 0.25) is 0 Å².